The first-order chi connectivity index (χ1) is 11.9. The second-order valence-electron chi connectivity index (χ2n) is 6.14. The molecule has 12 nitrogen and oxygen atoms in total. The summed E-state index contributed by atoms with van der Waals surface area (Å²) in [6.07, 6.45) is 2.71. The van der Waals surface area contributed by atoms with Crippen LogP contribution < -0.4 is 10.8 Å². The van der Waals surface area contributed by atoms with Crippen LogP contribution in [0.5, 0.6) is 0 Å². The van der Waals surface area contributed by atoms with E-state index in [-0.39, 0.29) is 12.6 Å². The SMILES string of the molecule is O=C(NOC[C@@H]1CCCN1)[C@@H]1CC[C@@H]2CN1C(=O)N2OS(=O)(=O)OO. The summed E-state index contributed by atoms with van der Waals surface area (Å²) in [6, 6.07) is -1.94. The van der Waals surface area contributed by atoms with Gasteiger partial charge in [-0.1, -0.05) is 4.33 Å². The van der Waals surface area contributed by atoms with E-state index in [9.17, 15) is 18.0 Å². The maximum atomic E-state index is 12.3. The topological polar surface area (TPSA) is 147 Å². The van der Waals surface area contributed by atoms with Gasteiger partial charge in [0, 0.05) is 12.6 Å². The third-order valence-corrected chi connectivity index (χ3v) is 5.03. The van der Waals surface area contributed by atoms with Crippen molar-refractivity contribution in [2.45, 2.75) is 43.8 Å². The standard InChI is InChI=1S/C12H20N4O8S/c17-11(14-22-7-8-2-1-5-13-8)10-4-3-9-6-15(10)12(18)16(9)23-25(20,21)24-19/h8-10,13,19H,1-7H2,(H,14,17)/t8-,9+,10-/m0/s1. The van der Waals surface area contributed by atoms with Crippen LogP contribution in [0.25, 0.3) is 0 Å². The monoisotopic (exact) mass is 380 g/mol. The van der Waals surface area contributed by atoms with Crippen LogP contribution in [0, 0.1) is 0 Å². The van der Waals surface area contributed by atoms with Crippen LogP contribution in [-0.4, -0.2) is 73.4 Å². The summed E-state index contributed by atoms with van der Waals surface area (Å²) in [5, 5.41) is 12.1. The number of urea groups is 1. The number of carbonyl (C=O) groups excluding carboxylic acids is 2. The lowest BCUT2D eigenvalue weighted by Crippen LogP contribution is -2.50. The Balaban J connectivity index is 1.54. The van der Waals surface area contributed by atoms with E-state index in [4.69, 9.17) is 10.1 Å². The van der Waals surface area contributed by atoms with Gasteiger partial charge in [0.2, 0.25) is 0 Å². The smallest absolute Gasteiger partial charge is 0.312 e. The van der Waals surface area contributed by atoms with Gasteiger partial charge in [0.05, 0.1) is 12.6 Å². The third-order valence-electron chi connectivity index (χ3n) is 4.51. The molecule has 3 rings (SSSR count). The van der Waals surface area contributed by atoms with Crippen molar-refractivity contribution in [3.63, 3.8) is 0 Å². The zero-order valence-corrected chi connectivity index (χ0v) is 14.1. The molecule has 0 unspecified atom stereocenters. The molecule has 3 atom stereocenters. The van der Waals surface area contributed by atoms with Crippen molar-refractivity contribution in [2.24, 2.45) is 0 Å². The van der Waals surface area contributed by atoms with Gasteiger partial charge in [-0.3, -0.25) is 9.63 Å². The molecule has 3 heterocycles. The van der Waals surface area contributed by atoms with Gasteiger partial charge in [-0.05, 0) is 32.2 Å². The maximum Gasteiger partial charge on any atom is 0.447 e. The Morgan fingerprint density at radius 3 is 2.84 bits per heavy atom. The zero-order valence-electron chi connectivity index (χ0n) is 13.3. The van der Waals surface area contributed by atoms with Crippen LogP contribution in [0.1, 0.15) is 25.7 Å². The average molecular weight is 380 g/mol. The Morgan fingerprint density at radius 1 is 1.36 bits per heavy atom. The number of nitrogens with zero attached hydrogens (tertiary/aromatic N) is 2. The largest absolute Gasteiger partial charge is 0.447 e. The molecular formula is C12H20N4O8S. The van der Waals surface area contributed by atoms with Crippen molar-refractivity contribution in [3.05, 3.63) is 0 Å². The minimum Gasteiger partial charge on any atom is -0.312 e. The number of hydroxylamine groups is 3. The summed E-state index contributed by atoms with van der Waals surface area (Å²) in [4.78, 5) is 30.9. The Labute approximate surface area is 144 Å². The van der Waals surface area contributed by atoms with E-state index in [2.05, 4.69) is 19.4 Å². The van der Waals surface area contributed by atoms with Crippen molar-refractivity contribution >= 4 is 22.3 Å². The molecule has 3 saturated heterocycles. The number of nitrogens with one attached hydrogen (secondary N) is 2. The number of hydrogen-bond donors (Lipinski definition) is 3. The molecule has 3 N–H and O–H groups in total. The van der Waals surface area contributed by atoms with E-state index in [1.807, 2.05) is 0 Å². The van der Waals surface area contributed by atoms with Gasteiger partial charge in [0.15, 0.2) is 0 Å². The highest BCUT2D eigenvalue weighted by Crippen LogP contribution is 2.30. The molecule has 142 valence electrons. The summed E-state index contributed by atoms with van der Waals surface area (Å²) in [6.45, 7) is 1.38. The van der Waals surface area contributed by atoms with Crippen molar-refractivity contribution in [1.82, 2.24) is 20.8 Å². The molecule has 25 heavy (non-hydrogen) atoms. The molecule has 0 aromatic carbocycles. The fraction of sp³-hybridized carbons (Fsp3) is 0.833. The molecule has 3 amide bonds. The molecule has 3 aliphatic rings. The van der Waals surface area contributed by atoms with Crippen LogP contribution in [0.15, 0.2) is 0 Å². The van der Waals surface area contributed by atoms with Gasteiger partial charge < -0.3 is 10.2 Å². The van der Waals surface area contributed by atoms with Crippen molar-refractivity contribution < 1.29 is 36.7 Å². The number of rotatable bonds is 7. The van der Waals surface area contributed by atoms with Crippen LogP contribution in [-0.2, 0) is 28.6 Å². The van der Waals surface area contributed by atoms with E-state index >= 15 is 0 Å². The summed E-state index contributed by atoms with van der Waals surface area (Å²) in [5.41, 5.74) is 2.34. The van der Waals surface area contributed by atoms with Crippen LogP contribution in [0.3, 0.4) is 0 Å². The predicted molar refractivity (Wildman–Crippen MR) is 79.6 cm³/mol. The Bertz CT molecular complexity index is 623. The Kier molecular flexibility index (Phi) is 5.41. The maximum absolute atomic E-state index is 12.3. The number of fused-ring (bicyclic) bond motifs is 2. The van der Waals surface area contributed by atoms with Gasteiger partial charge in [-0.15, -0.1) is 4.28 Å². The summed E-state index contributed by atoms with van der Waals surface area (Å²) < 4.78 is 29.9. The summed E-state index contributed by atoms with van der Waals surface area (Å²) in [5.74, 6) is -0.479. The molecular weight excluding hydrogens is 360 g/mol. The van der Waals surface area contributed by atoms with Crippen molar-refractivity contribution in [3.8, 4) is 0 Å². The lowest BCUT2D eigenvalue weighted by atomic mass is 10.0. The summed E-state index contributed by atoms with van der Waals surface area (Å²) in [7, 11) is -4.73. The first-order valence-electron chi connectivity index (χ1n) is 7.93. The highest BCUT2D eigenvalue weighted by atomic mass is 32.3. The molecule has 3 fully saturated rings. The second kappa shape index (κ2) is 7.39. The van der Waals surface area contributed by atoms with Gasteiger partial charge in [0.1, 0.15) is 6.04 Å². The zero-order chi connectivity index (χ0) is 18.0. The van der Waals surface area contributed by atoms with Gasteiger partial charge in [-0.2, -0.15) is 13.5 Å². The van der Waals surface area contributed by atoms with Crippen molar-refractivity contribution in [2.75, 3.05) is 19.7 Å². The van der Waals surface area contributed by atoms with E-state index in [1.165, 1.54) is 4.90 Å². The fourth-order valence-corrected chi connectivity index (χ4v) is 3.70. The Hall–Kier alpha value is -1.51. The molecule has 0 saturated carbocycles. The number of carbonyl (C=O) groups is 2. The molecule has 2 bridgehead atoms. The number of piperidine rings is 1. The van der Waals surface area contributed by atoms with Gasteiger partial charge in [-0.25, -0.2) is 15.5 Å². The Morgan fingerprint density at radius 2 is 2.16 bits per heavy atom. The van der Waals surface area contributed by atoms with Crippen LogP contribution >= 0.6 is 0 Å². The molecule has 0 aromatic heterocycles. The summed E-state index contributed by atoms with van der Waals surface area (Å²) >= 11 is 0. The predicted octanol–water partition coefficient (Wildman–Crippen LogP) is -1.28. The highest BCUT2D eigenvalue weighted by molar-refractivity contribution is 7.81. The van der Waals surface area contributed by atoms with E-state index in [0.717, 1.165) is 19.4 Å². The highest BCUT2D eigenvalue weighted by Gasteiger charge is 2.49. The molecule has 0 aliphatic carbocycles. The minimum atomic E-state index is -4.73. The molecule has 13 heteroatoms. The minimum absolute atomic E-state index is 0.127. The van der Waals surface area contributed by atoms with E-state index in [0.29, 0.717) is 24.5 Å². The fourth-order valence-electron chi connectivity index (χ4n) is 3.29. The normalized spacial score (nSPS) is 29.3. The first kappa shape index (κ1) is 18.3. The lowest BCUT2D eigenvalue weighted by Gasteiger charge is -2.29. The molecule has 3 aliphatic heterocycles. The van der Waals surface area contributed by atoms with Crippen LogP contribution in [0.4, 0.5) is 4.79 Å². The third kappa shape index (κ3) is 4.02. The second-order valence-corrected chi connectivity index (χ2v) is 7.25. The van der Waals surface area contributed by atoms with E-state index in [1.54, 1.807) is 0 Å². The van der Waals surface area contributed by atoms with Gasteiger partial charge >= 0.3 is 16.4 Å². The molecule has 0 radical (unpaired) electrons. The number of amides is 3. The van der Waals surface area contributed by atoms with Crippen molar-refractivity contribution in [1.29, 1.82) is 0 Å². The first-order valence-corrected chi connectivity index (χ1v) is 9.27. The van der Waals surface area contributed by atoms with E-state index < -0.39 is 34.4 Å². The number of hydrogen-bond acceptors (Lipinski definition) is 9. The molecule has 0 aromatic rings. The molecule has 0 spiro atoms. The lowest BCUT2D eigenvalue weighted by molar-refractivity contribution is -0.161. The average Bonchev–Trinajstić information content (AvgIpc) is 3.18. The van der Waals surface area contributed by atoms with Gasteiger partial charge in [0.25, 0.3) is 5.91 Å². The van der Waals surface area contributed by atoms with Crippen LogP contribution in [0.2, 0.25) is 0 Å². The quantitative estimate of drug-likeness (QED) is 0.363.